The molecule has 0 N–H and O–H groups in total. The van der Waals surface area contributed by atoms with Crippen molar-refractivity contribution in [2.75, 3.05) is 14.2 Å². The molecule has 1 aliphatic rings. The van der Waals surface area contributed by atoms with E-state index in [1.54, 1.807) is 20.3 Å². The fourth-order valence-electron chi connectivity index (χ4n) is 1.10. The third-order valence-corrected chi connectivity index (χ3v) is 2.95. The van der Waals surface area contributed by atoms with Gasteiger partial charge in [-0.25, -0.2) is 0 Å². The highest BCUT2D eigenvalue weighted by atomic mass is 35.5. The average Bonchev–Trinajstić information content (AvgIpc) is 2.15. The van der Waals surface area contributed by atoms with Gasteiger partial charge in [-0.15, -0.1) is 11.6 Å². The second kappa shape index (κ2) is 4.36. The molecular weight excluding hydrogens is 211 g/mol. The zero-order valence-corrected chi connectivity index (χ0v) is 9.24. The summed E-state index contributed by atoms with van der Waals surface area (Å²) in [6, 6.07) is 0. The van der Waals surface area contributed by atoms with E-state index in [0.29, 0.717) is 16.9 Å². The molecule has 0 bridgehead atoms. The Bertz CT molecular complexity index is 258. The van der Waals surface area contributed by atoms with Crippen LogP contribution in [0.1, 0.15) is 6.92 Å². The van der Waals surface area contributed by atoms with Gasteiger partial charge in [0.25, 0.3) is 0 Å². The van der Waals surface area contributed by atoms with Crippen molar-refractivity contribution < 1.29 is 9.47 Å². The predicted molar refractivity (Wildman–Crippen MR) is 53.5 cm³/mol. The van der Waals surface area contributed by atoms with Crippen LogP contribution >= 0.6 is 23.2 Å². The number of rotatable bonds is 2. The Kier molecular flexibility index (Phi) is 3.65. The van der Waals surface area contributed by atoms with E-state index in [0.717, 1.165) is 5.57 Å². The lowest BCUT2D eigenvalue weighted by atomic mass is 10.0. The molecule has 0 aromatic rings. The van der Waals surface area contributed by atoms with E-state index in [9.17, 15) is 0 Å². The molecule has 0 amide bonds. The SMILES string of the molecule is CO[C]1C=C(OC)C(Cl)=C(C)C1Cl. The summed E-state index contributed by atoms with van der Waals surface area (Å²) >= 11 is 12.0. The van der Waals surface area contributed by atoms with Gasteiger partial charge in [-0.05, 0) is 18.6 Å². The molecule has 73 valence electrons. The number of hydrogen-bond acceptors (Lipinski definition) is 2. The Hall–Kier alpha value is -0.180. The van der Waals surface area contributed by atoms with Crippen LogP contribution in [0, 0.1) is 6.10 Å². The van der Waals surface area contributed by atoms with Gasteiger partial charge in [0, 0.05) is 7.11 Å². The van der Waals surface area contributed by atoms with E-state index in [1.807, 2.05) is 6.92 Å². The lowest BCUT2D eigenvalue weighted by molar-refractivity contribution is 0.219. The number of alkyl halides is 1. The molecule has 0 aromatic carbocycles. The highest BCUT2D eigenvalue weighted by Crippen LogP contribution is 2.36. The summed E-state index contributed by atoms with van der Waals surface area (Å²) in [5, 5.41) is 0.264. The summed E-state index contributed by atoms with van der Waals surface area (Å²) in [5.41, 5.74) is 0.847. The molecule has 1 aliphatic carbocycles. The standard InChI is InChI=1S/C9H11Cl2O2/c1-5-8(10)6(12-2)4-7(13-3)9(5)11/h4,8H,1-3H3. The normalized spacial score (nSPS) is 24.7. The van der Waals surface area contributed by atoms with Crippen LogP contribution in [0.5, 0.6) is 0 Å². The predicted octanol–water partition coefficient (Wildman–Crippen LogP) is 2.83. The molecule has 1 radical (unpaired) electrons. The van der Waals surface area contributed by atoms with Crippen LogP contribution in [-0.2, 0) is 9.47 Å². The van der Waals surface area contributed by atoms with E-state index < -0.39 is 0 Å². The molecule has 0 aromatic heterocycles. The maximum atomic E-state index is 6.05. The second-order valence-electron chi connectivity index (χ2n) is 2.68. The van der Waals surface area contributed by atoms with Crippen molar-refractivity contribution in [2.45, 2.75) is 12.3 Å². The molecule has 13 heavy (non-hydrogen) atoms. The molecule has 0 spiro atoms. The van der Waals surface area contributed by atoms with Crippen molar-refractivity contribution in [3.05, 3.63) is 28.5 Å². The van der Waals surface area contributed by atoms with E-state index in [1.165, 1.54) is 0 Å². The van der Waals surface area contributed by atoms with Gasteiger partial charge >= 0.3 is 0 Å². The van der Waals surface area contributed by atoms with Gasteiger partial charge in [0.15, 0.2) is 0 Å². The van der Waals surface area contributed by atoms with Gasteiger partial charge in [0.2, 0.25) is 0 Å². The molecule has 2 nitrogen and oxygen atoms in total. The largest absolute Gasteiger partial charge is 0.495 e. The third kappa shape index (κ3) is 2.01. The van der Waals surface area contributed by atoms with Gasteiger partial charge in [0.1, 0.15) is 11.9 Å². The van der Waals surface area contributed by atoms with E-state index in [-0.39, 0.29) is 5.38 Å². The first-order valence-electron chi connectivity index (χ1n) is 3.79. The quantitative estimate of drug-likeness (QED) is 0.669. The molecule has 1 unspecified atom stereocenters. The van der Waals surface area contributed by atoms with Crippen LogP contribution < -0.4 is 0 Å². The minimum Gasteiger partial charge on any atom is -0.495 e. The van der Waals surface area contributed by atoms with Crippen LogP contribution in [0.3, 0.4) is 0 Å². The van der Waals surface area contributed by atoms with E-state index in [2.05, 4.69) is 0 Å². The van der Waals surface area contributed by atoms with Gasteiger partial charge < -0.3 is 9.47 Å². The van der Waals surface area contributed by atoms with Crippen molar-refractivity contribution in [3.8, 4) is 0 Å². The second-order valence-corrected chi connectivity index (χ2v) is 3.49. The topological polar surface area (TPSA) is 18.5 Å². The zero-order chi connectivity index (χ0) is 10.0. The molecule has 1 atom stereocenters. The van der Waals surface area contributed by atoms with Gasteiger partial charge in [0.05, 0.1) is 17.5 Å². The Morgan fingerprint density at radius 2 is 1.92 bits per heavy atom. The number of hydrogen-bond donors (Lipinski definition) is 0. The summed E-state index contributed by atoms with van der Waals surface area (Å²) in [7, 11) is 3.13. The third-order valence-electron chi connectivity index (χ3n) is 1.92. The first kappa shape index (κ1) is 10.9. The Morgan fingerprint density at radius 3 is 2.38 bits per heavy atom. The lowest BCUT2D eigenvalue weighted by Gasteiger charge is -2.24. The smallest absolute Gasteiger partial charge is 0.144 e. The zero-order valence-electron chi connectivity index (χ0n) is 7.73. The highest BCUT2D eigenvalue weighted by Gasteiger charge is 2.28. The first-order chi connectivity index (χ1) is 6.11. The van der Waals surface area contributed by atoms with Crippen molar-refractivity contribution in [1.29, 1.82) is 0 Å². The van der Waals surface area contributed by atoms with Gasteiger partial charge in [-0.1, -0.05) is 11.6 Å². The van der Waals surface area contributed by atoms with Crippen LogP contribution in [-0.4, -0.2) is 19.6 Å². The summed E-state index contributed by atoms with van der Waals surface area (Å²) in [6.45, 7) is 1.85. The molecule has 0 saturated heterocycles. The fraction of sp³-hybridized carbons (Fsp3) is 0.444. The summed E-state index contributed by atoms with van der Waals surface area (Å²) < 4.78 is 10.2. The fourth-order valence-corrected chi connectivity index (χ4v) is 1.65. The molecule has 0 aliphatic heterocycles. The summed E-state index contributed by atoms with van der Waals surface area (Å²) in [6.07, 6.45) is 2.35. The number of allylic oxidation sites excluding steroid dienone is 1. The minimum atomic E-state index is -0.295. The molecule has 0 saturated carbocycles. The maximum absolute atomic E-state index is 6.05. The maximum Gasteiger partial charge on any atom is 0.144 e. The van der Waals surface area contributed by atoms with Crippen LogP contribution in [0.15, 0.2) is 22.4 Å². The van der Waals surface area contributed by atoms with E-state index in [4.69, 9.17) is 32.7 Å². The highest BCUT2D eigenvalue weighted by molar-refractivity contribution is 6.34. The molecule has 1 rings (SSSR count). The summed E-state index contributed by atoms with van der Waals surface area (Å²) in [4.78, 5) is 0. The minimum absolute atomic E-state index is 0.295. The summed E-state index contributed by atoms with van der Waals surface area (Å²) in [5.74, 6) is 0.591. The average molecular weight is 222 g/mol. The monoisotopic (exact) mass is 221 g/mol. The number of ether oxygens (including phenoxy) is 2. The molecule has 0 fully saturated rings. The van der Waals surface area contributed by atoms with Crippen molar-refractivity contribution in [3.63, 3.8) is 0 Å². The van der Waals surface area contributed by atoms with Gasteiger partial charge in [-0.2, -0.15) is 0 Å². The van der Waals surface area contributed by atoms with Crippen molar-refractivity contribution in [2.24, 2.45) is 0 Å². The Labute approximate surface area is 88.1 Å². The van der Waals surface area contributed by atoms with Crippen LogP contribution in [0.2, 0.25) is 0 Å². The van der Waals surface area contributed by atoms with Gasteiger partial charge in [-0.3, -0.25) is 0 Å². The first-order valence-corrected chi connectivity index (χ1v) is 4.60. The number of methoxy groups -OCH3 is 2. The Balaban J connectivity index is 2.99. The number of halogens is 2. The van der Waals surface area contributed by atoms with Crippen LogP contribution in [0.4, 0.5) is 0 Å². The van der Waals surface area contributed by atoms with Crippen molar-refractivity contribution in [1.82, 2.24) is 0 Å². The molecule has 4 heteroatoms. The van der Waals surface area contributed by atoms with E-state index >= 15 is 0 Å². The lowest BCUT2D eigenvalue weighted by Crippen LogP contribution is -2.19. The molecule has 0 heterocycles. The van der Waals surface area contributed by atoms with Crippen LogP contribution in [0.25, 0.3) is 0 Å². The Morgan fingerprint density at radius 1 is 1.31 bits per heavy atom. The molecular formula is C9H11Cl2O2. The van der Waals surface area contributed by atoms with Crippen molar-refractivity contribution >= 4 is 23.2 Å².